The first-order chi connectivity index (χ1) is 10.5. The highest BCUT2D eigenvalue weighted by atomic mass is 16.4. The van der Waals surface area contributed by atoms with Gasteiger partial charge in [-0.05, 0) is 32.3 Å². The minimum atomic E-state index is -1.11. The van der Waals surface area contributed by atoms with Gasteiger partial charge in [0.05, 0.1) is 23.8 Å². The van der Waals surface area contributed by atoms with E-state index >= 15 is 0 Å². The van der Waals surface area contributed by atoms with E-state index in [1.54, 1.807) is 6.92 Å². The molecule has 7 heteroatoms. The zero-order chi connectivity index (χ0) is 15.6. The minimum Gasteiger partial charge on any atom is -0.477 e. The number of carboxylic acids is 1. The van der Waals surface area contributed by atoms with E-state index in [0.29, 0.717) is 17.7 Å². The third-order valence-electron chi connectivity index (χ3n) is 4.91. The number of carboxylic acid groups (broad SMARTS) is 1. The number of carbonyl (C=O) groups is 2. The molecule has 7 nitrogen and oxygen atoms in total. The highest BCUT2D eigenvalue weighted by molar-refractivity contribution is 6.05. The molecule has 0 aliphatic carbocycles. The number of rotatable bonds is 3. The van der Waals surface area contributed by atoms with Crippen LogP contribution >= 0.6 is 0 Å². The third-order valence-corrected chi connectivity index (χ3v) is 4.91. The number of β-lactam (4-membered cyclic amide) rings is 1. The largest absolute Gasteiger partial charge is 0.477 e. The summed E-state index contributed by atoms with van der Waals surface area (Å²) in [7, 11) is 0. The van der Waals surface area contributed by atoms with Crippen molar-refractivity contribution in [1.82, 2.24) is 14.7 Å². The summed E-state index contributed by atoms with van der Waals surface area (Å²) >= 11 is 0. The molecule has 1 amide bonds. The van der Waals surface area contributed by atoms with E-state index in [1.807, 2.05) is 10.7 Å². The van der Waals surface area contributed by atoms with Gasteiger partial charge in [-0.3, -0.25) is 9.48 Å². The van der Waals surface area contributed by atoms with Gasteiger partial charge in [0.15, 0.2) is 0 Å². The summed E-state index contributed by atoms with van der Waals surface area (Å²) in [6.45, 7) is 2.43. The second kappa shape index (κ2) is 4.42. The van der Waals surface area contributed by atoms with E-state index < -0.39 is 18.0 Å². The van der Waals surface area contributed by atoms with Crippen molar-refractivity contribution in [3.63, 3.8) is 0 Å². The van der Waals surface area contributed by atoms with Crippen LogP contribution in [0.25, 0.3) is 5.57 Å². The fourth-order valence-electron chi connectivity index (χ4n) is 3.91. The first-order valence-corrected chi connectivity index (χ1v) is 7.53. The molecule has 4 heterocycles. The van der Waals surface area contributed by atoms with Crippen LogP contribution in [0.3, 0.4) is 0 Å². The number of aliphatic hydroxyl groups is 1. The van der Waals surface area contributed by atoms with E-state index in [1.165, 1.54) is 4.90 Å². The van der Waals surface area contributed by atoms with Gasteiger partial charge in [-0.2, -0.15) is 5.10 Å². The van der Waals surface area contributed by atoms with Crippen molar-refractivity contribution >= 4 is 17.4 Å². The number of fused-ring (bicyclic) bond motifs is 2. The van der Waals surface area contributed by atoms with Gasteiger partial charge >= 0.3 is 5.97 Å². The number of aliphatic carboxylic acids is 1. The van der Waals surface area contributed by atoms with E-state index in [2.05, 4.69) is 5.10 Å². The summed E-state index contributed by atoms with van der Waals surface area (Å²) in [5.41, 5.74) is 2.40. The van der Waals surface area contributed by atoms with Crippen LogP contribution in [0.4, 0.5) is 0 Å². The van der Waals surface area contributed by atoms with E-state index in [0.717, 1.165) is 25.1 Å². The van der Waals surface area contributed by atoms with Gasteiger partial charge in [-0.15, -0.1) is 0 Å². The number of carbonyl (C=O) groups excluding carboxylic acids is 1. The zero-order valence-electron chi connectivity index (χ0n) is 12.2. The number of hydrogen-bond acceptors (Lipinski definition) is 4. The molecular weight excluding hydrogens is 286 g/mol. The van der Waals surface area contributed by atoms with E-state index in [4.69, 9.17) is 0 Å². The molecule has 4 rings (SSSR count). The van der Waals surface area contributed by atoms with Gasteiger partial charge < -0.3 is 15.1 Å². The molecule has 3 aliphatic rings. The van der Waals surface area contributed by atoms with Gasteiger partial charge in [-0.25, -0.2) is 4.79 Å². The Labute approximate surface area is 126 Å². The monoisotopic (exact) mass is 303 g/mol. The maximum atomic E-state index is 12.2. The third kappa shape index (κ3) is 1.62. The van der Waals surface area contributed by atoms with Crippen LogP contribution < -0.4 is 0 Å². The molecule has 0 bridgehead atoms. The average Bonchev–Trinajstić information content (AvgIpc) is 3.06. The lowest BCUT2D eigenvalue weighted by atomic mass is 9.83. The molecule has 1 aromatic rings. The number of aliphatic hydroxyl groups excluding tert-OH is 1. The van der Waals surface area contributed by atoms with Crippen molar-refractivity contribution in [2.75, 3.05) is 0 Å². The Kier molecular flexibility index (Phi) is 2.72. The lowest BCUT2D eigenvalue weighted by molar-refractivity contribution is -0.161. The van der Waals surface area contributed by atoms with Crippen LogP contribution in [0.2, 0.25) is 0 Å². The van der Waals surface area contributed by atoms with Crippen molar-refractivity contribution in [3.8, 4) is 0 Å². The molecule has 0 radical (unpaired) electrons. The lowest BCUT2D eigenvalue weighted by Crippen LogP contribution is -2.61. The Hall–Kier alpha value is -2.15. The summed E-state index contributed by atoms with van der Waals surface area (Å²) in [6.07, 6.45) is 1.69. The fraction of sp³-hybridized carbons (Fsp3) is 0.533. The van der Waals surface area contributed by atoms with Crippen LogP contribution in [0, 0.1) is 5.92 Å². The molecule has 3 atom stereocenters. The van der Waals surface area contributed by atoms with Crippen molar-refractivity contribution in [1.29, 1.82) is 0 Å². The van der Waals surface area contributed by atoms with E-state index in [-0.39, 0.29) is 17.6 Å². The Balaban J connectivity index is 1.75. The zero-order valence-corrected chi connectivity index (χ0v) is 12.2. The molecule has 22 heavy (non-hydrogen) atoms. The predicted octanol–water partition coefficient (Wildman–Crippen LogP) is 0.236. The minimum absolute atomic E-state index is 0.0312. The first kappa shape index (κ1) is 13.5. The van der Waals surface area contributed by atoms with Crippen molar-refractivity contribution in [2.24, 2.45) is 5.92 Å². The summed E-state index contributed by atoms with van der Waals surface area (Å²) < 4.78 is 1.91. The molecule has 1 aromatic heterocycles. The molecule has 2 N–H and O–H groups in total. The second-order valence-electron chi connectivity index (χ2n) is 6.23. The van der Waals surface area contributed by atoms with Crippen molar-refractivity contribution in [2.45, 2.75) is 44.9 Å². The first-order valence-electron chi connectivity index (χ1n) is 7.53. The van der Waals surface area contributed by atoms with Crippen molar-refractivity contribution < 1.29 is 19.8 Å². The summed E-state index contributed by atoms with van der Waals surface area (Å²) in [4.78, 5) is 25.1. The molecular formula is C15H17N3O4. The molecule has 0 unspecified atom stereocenters. The SMILES string of the molecule is C[C@@H](O)[C@H]1C(=O)N2C(C(=O)O)=C(c3cc4n(n3)CCC4)C[C@H]12. The van der Waals surface area contributed by atoms with Crippen LogP contribution in [-0.4, -0.2) is 48.9 Å². The quantitative estimate of drug-likeness (QED) is 0.780. The number of aromatic nitrogens is 2. The molecule has 0 saturated carbocycles. The van der Waals surface area contributed by atoms with Crippen LogP contribution in [0.5, 0.6) is 0 Å². The number of amides is 1. The second-order valence-corrected chi connectivity index (χ2v) is 6.23. The van der Waals surface area contributed by atoms with Crippen LogP contribution in [0.15, 0.2) is 11.8 Å². The van der Waals surface area contributed by atoms with Gasteiger partial charge in [0.2, 0.25) is 5.91 Å². The maximum absolute atomic E-state index is 12.2. The average molecular weight is 303 g/mol. The highest BCUT2D eigenvalue weighted by Crippen LogP contribution is 2.46. The normalized spacial score (nSPS) is 27.7. The standard InChI is InChI=1S/C15H17N3O4/c1-7(19)12-11-6-9(13(15(21)22)18(11)14(12)20)10-5-8-3-2-4-17(8)16-10/h5,7,11-12,19H,2-4,6H2,1H3,(H,21,22)/t7-,11-,12-/m1/s1. The molecule has 1 saturated heterocycles. The van der Waals surface area contributed by atoms with Crippen LogP contribution in [0.1, 0.15) is 31.2 Å². The lowest BCUT2D eigenvalue weighted by Gasteiger charge is -2.44. The fourth-order valence-corrected chi connectivity index (χ4v) is 3.91. The van der Waals surface area contributed by atoms with E-state index in [9.17, 15) is 19.8 Å². The smallest absolute Gasteiger partial charge is 0.352 e. The maximum Gasteiger partial charge on any atom is 0.352 e. The Morgan fingerprint density at radius 1 is 1.50 bits per heavy atom. The molecule has 1 fully saturated rings. The van der Waals surface area contributed by atoms with Gasteiger partial charge in [0.25, 0.3) is 0 Å². The summed E-state index contributed by atoms with van der Waals surface area (Å²) in [6, 6.07) is 1.67. The van der Waals surface area contributed by atoms with Gasteiger partial charge in [0, 0.05) is 17.8 Å². The Morgan fingerprint density at radius 2 is 2.27 bits per heavy atom. The predicted molar refractivity (Wildman–Crippen MR) is 75.5 cm³/mol. The number of aryl methyl sites for hydroxylation is 2. The molecule has 0 aromatic carbocycles. The summed E-state index contributed by atoms with van der Waals surface area (Å²) in [5, 5.41) is 23.7. The Morgan fingerprint density at radius 3 is 2.91 bits per heavy atom. The number of hydrogen-bond donors (Lipinski definition) is 2. The molecule has 3 aliphatic heterocycles. The number of nitrogens with zero attached hydrogens (tertiary/aromatic N) is 3. The van der Waals surface area contributed by atoms with Crippen LogP contribution in [-0.2, 0) is 22.6 Å². The van der Waals surface area contributed by atoms with Gasteiger partial charge in [0.1, 0.15) is 5.70 Å². The van der Waals surface area contributed by atoms with Crippen molar-refractivity contribution in [3.05, 3.63) is 23.2 Å². The molecule has 0 spiro atoms. The van der Waals surface area contributed by atoms with Gasteiger partial charge in [-0.1, -0.05) is 0 Å². The highest BCUT2D eigenvalue weighted by Gasteiger charge is 2.57. The topological polar surface area (TPSA) is 95.7 Å². The Bertz CT molecular complexity index is 697. The summed E-state index contributed by atoms with van der Waals surface area (Å²) in [5.74, 6) is -1.93. The molecule has 116 valence electrons.